The Morgan fingerprint density at radius 3 is 2.33 bits per heavy atom. The van der Waals surface area contributed by atoms with Crippen molar-refractivity contribution in [3.05, 3.63) is 56.6 Å². The molecule has 2 amide bonds. The van der Waals surface area contributed by atoms with Gasteiger partial charge in [0, 0.05) is 59.2 Å². The number of alkyl halides is 3. The lowest BCUT2D eigenvalue weighted by molar-refractivity contribution is -0.138. The Balaban J connectivity index is 1.32. The number of carbonyl (C=O) groups excluding carboxylic acids is 2. The number of piperazine rings is 1. The van der Waals surface area contributed by atoms with E-state index in [2.05, 4.69) is 20.5 Å². The molecule has 6 rings (SSSR count). The third-order valence-electron chi connectivity index (χ3n) is 8.41. The fourth-order valence-corrected chi connectivity index (χ4v) is 6.09. The van der Waals surface area contributed by atoms with Crippen LogP contribution in [0.2, 0.25) is 0 Å². The molecule has 1 saturated heterocycles. The van der Waals surface area contributed by atoms with Gasteiger partial charge in [-0.2, -0.15) is 22.7 Å². The van der Waals surface area contributed by atoms with Crippen LogP contribution >= 0.6 is 0 Å². The van der Waals surface area contributed by atoms with Crippen LogP contribution in [0.3, 0.4) is 0 Å². The van der Waals surface area contributed by atoms with Gasteiger partial charge in [-0.25, -0.2) is 0 Å². The Hall–Kier alpha value is -5.09. The van der Waals surface area contributed by atoms with Crippen LogP contribution in [-0.2, 0) is 43.8 Å². The van der Waals surface area contributed by atoms with Gasteiger partial charge in [-0.1, -0.05) is 6.92 Å². The van der Waals surface area contributed by atoms with E-state index < -0.39 is 23.2 Å². The van der Waals surface area contributed by atoms with Crippen LogP contribution in [0.15, 0.2) is 23.1 Å². The van der Waals surface area contributed by atoms with E-state index in [1.54, 1.807) is 35.5 Å². The third kappa shape index (κ3) is 5.28. The van der Waals surface area contributed by atoms with Gasteiger partial charge in [0.1, 0.15) is 17.8 Å². The summed E-state index contributed by atoms with van der Waals surface area (Å²) in [5.74, 6) is -0.840. The molecule has 4 aromatic rings. The van der Waals surface area contributed by atoms with E-state index in [-0.39, 0.29) is 60.7 Å². The monoisotopic (exact) mass is 642 g/mol. The molecule has 0 radical (unpaired) electrons. The zero-order valence-electron chi connectivity index (χ0n) is 25.7. The van der Waals surface area contributed by atoms with Crippen molar-refractivity contribution in [1.82, 2.24) is 33.8 Å². The first-order valence-corrected chi connectivity index (χ1v) is 14.8. The van der Waals surface area contributed by atoms with Crippen LogP contribution in [0.5, 0.6) is 5.88 Å². The Kier molecular flexibility index (Phi) is 7.64. The van der Waals surface area contributed by atoms with Crippen LogP contribution in [0, 0.1) is 0 Å². The molecule has 1 aromatic carbocycles. The van der Waals surface area contributed by atoms with E-state index in [9.17, 15) is 32.7 Å². The van der Waals surface area contributed by atoms with Crippen molar-refractivity contribution in [2.45, 2.75) is 38.9 Å². The van der Waals surface area contributed by atoms with Gasteiger partial charge in [-0.3, -0.25) is 19.1 Å². The molecule has 2 N–H and O–H groups in total. The Morgan fingerprint density at radius 1 is 1.07 bits per heavy atom. The first-order chi connectivity index (χ1) is 21.8. The van der Waals surface area contributed by atoms with Gasteiger partial charge in [-0.05, 0) is 42.5 Å². The predicted octanol–water partition coefficient (Wildman–Crippen LogP) is 1.68. The highest BCUT2D eigenvalue weighted by molar-refractivity contribution is 5.96. The maximum absolute atomic E-state index is 13.9. The summed E-state index contributed by atoms with van der Waals surface area (Å²) in [6.45, 7) is 2.66. The molecule has 4 heterocycles. The van der Waals surface area contributed by atoms with Gasteiger partial charge < -0.3 is 29.7 Å². The summed E-state index contributed by atoms with van der Waals surface area (Å²) >= 11 is 0. The summed E-state index contributed by atoms with van der Waals surface area (Å²) in [5, 5.41) is 21.0. The second-order valence-electron chi connectivity index (χ2n) is 11.5. The predicted molar refractivity (Wildman–Crippen MR) is 161 cm³/mol. The normalized spacial score (nSPS) is 14.8. The molecule has 0 atom stereocenters. The maximum Gasteiger partial charge on any atom is 0.416 e. The number of halogens is 3. The van der Waals surface area contributed by atoms with Crippen LogP contribution in [0.25, 0.3) is 5.78 Å². The fourth-order valence-electron chi connectivity index (χ4n) is 6.09. The van der Waals surface area contributed by atoms with Crippen molar-refractivity contribution in [2.75, 3.05) is 55.4 Å². The largest absolute Gasteiger partial charge is 0.492 e. The number of hydrogen-bond donors (Lipinski definition) is 2. The van der Waals surface area contributed by atoms with Crippen LogP contribution in [-0.4, -0.2) is 91.0 Å². The van der Waals surface area contributed by atoms with E-state index >= 15 is 0 Å². The van der Waals surface area contributed by atoms with E-state index in [0.29, 0.717) is 48.6 Å². The number of aromatic nitrogens is 6. The minimum Gasteiger partial charge on any atom is -0.492 e. The van der Waals surface area contributed by atoms with Crippen LogP contribution < -0.4 is 20.7 Å². The molecular weight excluding hydrogens is 609 g/mol. The standard InChI is InChI=1S/C29H33F3N10O4/c1-5-21-23(39-10-12-40(13-11-39)25(45)18-14-38(4)35-24(18)44)26(46)42-28(34-27(36-42)37(2)3)41(21)15-22(43)33-20-9-8-19(29(30,31)32)16-6-7-17(16)20/h8-9,14H,5-7,10-13,15H2,1-4H3,(H,33,43)(H,35,44). The van der Waals surface area contributed by atoms with Gasteiger partial charge in [0.05, 0.1) is 11.3 Å². The molecule has 0 spiro atoms. The number of hydrogen-bond acceptors (Lipinski definition) is 9. The van der Waals surface area contributed by atoms with Crippen molar-refractivity contribution in [1.29, 1.82) is 0 Å². The number of rotatable bonds is 7. The second-order valence-corrected chi connectivity index (χ2v) is 11.5. The number of fused-ring (bicyclic) bond motifs is 2. The summed E-state index contributed by atoms with van der Waals surface area (Å²) in [4.78, 5) is 50.0. The lowest BCUT2D eigenvalue weighted by Crippen LogP contribution is -2.50. The molecular formula is C29H33F3N10O4. The van der Waals surface area contributed by atoms with E-state index in [1.807, 2.05) is 11.8 Å². The Bertz CT molecular complexity index is 1920. The third-order valence-corrected chi connectivity index (χ3v) is 8.41. The number of aromatic hydroxyl groups is 1. The molecule has 1 aliphatic carbocycles. The lowest BCUT2D eigenvalue weighted by atomic mass is 9.83. The van der Waals surface area contributed by atoms with Crippen molar-refractivity contribution in [2.24, 2.45) is 7.05 Å². The van der Waals surface area contributed by atoms with Gasteiger partial charge in [-0.15, -0.1) is 10.2 Å². The molecule has 0 unspecified atom stereocenters. The van der Waals surface area contributed by atoms with Crippen molar-refractivity contribution in [3.63, 3.8) is 0 Å². The minimum atomic E-state index is -4.47. The molecule has 2 aliphatic rings. The van der Waals surface area contributed by atoms with Gasteiger partial charge >= 0.3 is 6.18 Å². The zero-order chi connectivity index (χ0) is 33.1. The number of nitrogens with one attached hydrogen (secondary N) is 1. The summed E-state index contributed by atoms with van der Waals surface area (Å²) < 4.78 is 44.4. The van der Waals surface area contributed by atoms with Gasteiger partial charge in [0.2, 0.25) is 23.5 Å². The van der Waals surface area contributed by atoms with E-state index in [4.69, 9.17) is 0 Å². The molecule has 1 fully saturated rings. The summed E-state index contributed by atoms with van der Waals surface area (Å²) in [7, 11) is 5.04. The maximum atomic E-state index is 13.9. The first-order valence-electron chi connectivity index (χ1n) is 14.8. The molecule has 0 bridgehead atoms. The minimum absolute atomic E-state index is 0.0850. The smallest absolute Gasteiger partial charge is 0.416 e. The lowest BCUT2D eigenvalue weighted by Gasteiger charge is -2.36. The van der Waals surface area contributed by atoms with Crippen molar-refractivity contribution >= 4 is 34.9 Å². The molecule has 14 nitrogen and oxygen atoms in total. The average molecular weight is 643 g/mol. The molecule has 3 aromatic heterocycles. The van der Waals surface area contributed by atoms with E-state index in [1.165, 1.54) is 16.9 Å². The summed E-state index contributed by atoms with van der Waals surface area (Å²) in [5.41, 5.74) is 0.782. The topological polar surface area (TPSA) is 146 Å². The number of carbonyl (C=O) groups is 2. The zero-order valence-corrected chi connectivity index (χ0v) is 25.7. The summed E-state index contributed by atoms with van der Waals surface area (Å²) in [6, 6.07) is 2.27. The molecule has 1 aliphatic heterocycles. The molecule has 244 valence electrons. The second kappa shape index (κ2) is 11.4. The SMILES string of the molecule is CCc1c(N2CCN(C(=O)c3cn(C)nc3O)CC2)c(=O)n2nc(N(C)C)nc2n1CC(=O)Nc1ccc(C(F)(F)F)c2c1CC2. The number of nitrogens with zero attached hydrogens (tertiary/aromatic N) is 9. The highest BCUT2D eigenvalue weighted by atomic mass is 19.4. The molecule has 17 heteroatoms. The number of aryl methyl sites for hydroxylation is 1. The molecule has 0 saturated carbocycles. The quantitative estimate of drug-likeness (QED) is 0.308. The highest BCUT2D eigenvalue weighted by Crippen LogP contribution is 2.41. The first kappa shape index (κ1) is 30.9. The highest BCUT2D eigenvalue weighted by Gasteiger charge is 2.37. The van der Waals surface area contributed by atoms with Crippen LogP contribution in [0.4, 0.5) is 30.5 Å². The van der Waals surface area contributed by atoms with Gasteiger partial charge in [0.15, 0.2) is 0 Å². The van der Waals surface area contributed by atoms with E-state index in [0.717, 1.165) is 10.6 Å². The van der Waals surface area contributed by atoms with Crippen molar-refractivity contribution in [3.8, 4) is 5.88 Å². The van der Waals surface area contributed by atoms with Crippen molar-refractivity contribution < 1.29 is 27.9 Å². The Labute approximate surface area is 260 Å². The summed E-state index contributed by atoms with van der Waals surface area (Å²) in [6.07, 6.45) is -1.98. The van der Waals surface area contributed by atoms with Crippen LogP contribution in [0.1, 0.15) is 39.7 Å². The van der Waals surface area contributed by atoms with Gasteiger partial charge in [0.25, 0.3) is 11.5 Å². The Morgan fingerprint density at radius 2 is 1.76 bits per heavy atom. The average Bonchev–Trinajstić information content (AvgIpc) is 3.58. The number of anilines is 3. The number of amides is 2. The fraction of sp³-hybridized carbons (Fsp3) is 0.448. The number of benzene rings is 1. The molecule has 46 heavy (non-hydrogen) atoms.